The minimum Gasteiger partial charge on any atom is -0.378 e. The molecular formula is C25H30N4O3S. The predicted octanol–water partition coefficient (Wildman–Crippen LogP) is 3.72. The Morgan fingerprint density at radius 1 is 1.24 bits per heavy atom. The smallest absolute Gasteiger partial charge is 0.271 e. The number of benzene rings is 1. The van der Waals surface area contributed by atoms with Gasteiger partial charge in [0.15, 0.2) is 4.96 Å². The fourth-order valence-electron chi connectivity index (χ4n) is 5.57. The maximum Gasteiger partial charge on any atom is 0.271 e. The Bertz CT molecular complexity index is 1210. The first kappa shape index (κ1) is 22.1. The molecule has 0 radical (unpaired) electrons. The van der Waals surface area contributed by atoms with Gasteiger partial charge in [-0.3, -0.25) is 14.0 Å². The summed E-state index contributed by atoms with van der Waals surface area (Å²) in [6.07, 6.45) is 3.33. The minimum absolute atomic E-state index is 0.0265. The molecule has 1 aliphatic carbocycles. The lowest BCUT2D eigenvalue weighted by atomic mass is 9.71. The van der Waals surface area contributed by atoms with E-state index in [2.05, 4.69) is 28.5 Å². The van der Waals surface area contributed by atoms with Crippen LogP contribution in [0.15, 0.2) is 35.8 Å². The molecular weight excluding hydrogens is 436 g/mol. The number of aryl methyl sites for hydroxylation is 1. The molecule has 5 rings (SSSR count). The van der Waals surface area contributed by atoms with Crippen molar-refractivity contribution in [3.05, 3.63) is 58.4 Å². The standard InChI is InChI=1S/C25H30N4O3S/c1-15(2)22(30)27-20-17-7-5-6-8-18(17)25(21(20)32-4)9-11-28(12-10-25)23(31)19-14-33-24-26-16(3)13-29(19)24/h5-8,13-15,20-21H,9-12H2,1-4H3,(H,27,30)/t20-,21+/m1/s1. The number of fused-ring (bicyclic) bond motifs is 3. The molecule has 8 heteroatoms. The molecule has 7 nitrogen and oxygen atoms in total. The zero-order chi connectivity index (χ0) is 23.3. The highest BCUT2D eigenvalue weighted by molar-refractivity contribution is 7.15. The number of ether oxygens (including phenoxy) is 1. The van der Waals surface area contributed by atoms with Gasteiger partial charge in [0.25, 0.3) is 5.91 Å². The number of piperidine rings is 1. The van der Waals surface area contributed by atoms with E-state index in [1.54, 1.807) is 7.11 Å². The van der Waals surface area contributed by atoms with E-state index in [0.29, 0.717) is 18.8 Å². The van der Waals surface area contributed by atoms with Crippen LogP contribution >= 0.6 is 11.3 Å². The molecule has 2 amide bonds. The topological polar surface area (TPSA) is 75.9 Å². The van der Waals surface area contributed by atoms with Crippen molar-refractivity contribution in [1.29, 1.82) is 0 Å². The molecule has 2 atom stereocenters. The van der Waals surface area contributed by atoms with E-state index in [1.807, 2.05) is 47.7 Å². The van der Waals surface area contributed by atoms with Gasteiger partial charge in [-0.15, -0.1) is 11.3 Å². The molecule has 1 aromatic carbocycles. The maximum absolute atomic E-state index is 13.4. The number of nitrogens with zero attached hydrogens (tertiary/aromatic N) is 3. The van der Waals surface area contributed by atoms with E-state index in [4.69, 9.17) is 4.74 Å². The number of hydrogen-bond acceptors (Lipinski definition) is 5. The number of nitrogens with one attached hydrogen (secondary N) is 1. The van der Waals surface area contributed by atoms with Gasteiger partial charge in [-0.1, -0.05) is 38.1 Å². The fraction of sp³-hybridized carbons (Fsp3) is 0.480. The van der Waals surface area contributed by atoms with Gasteiger partial charge in [0, 0.05) is 43.1 Å². The van der Waals surface area contributed by atoms with Crippen LogP contribution in [0, 0.1) is 12.8 Å². The lowest BCUT2D eigenvalue weighted by molar-refractivity contribution is -0.126. The molecule has 1 aliphatic heterocycles. The van der Waals surface area contributed by atoms with E-state index < -0.39 is 0 Å². The van der Waals surface area contributed by atoms with Gasteiger partial charge in [-0.05, 0) is 30.9 Å². The zero-order valence-electron chi connectivity index (χ0n) is 19.5. The minimum atomic E-state index is -0.230. The number of carbonyl (C=O) groups is 2. The van der Waals surface area contributed by atoms with Crippen molar-refractivity contribution in [1.82, 2.24) is 19.6 Å². The van der Waals surface area contributed by atoms with Crippen LogP contribution in [0.2, 0.25) is 0 Å². The quantitative estimate of drug-likeness (QED) is 0.636. The molecule has 3 heterocycles. The van der Waals surface area contributed by atoms with Crippen LogP contribution < -0.4 is 5.32 Å². The van der Waals surface area contributed by atoms with Crippen LogP contribution in [0.5, 0.6) is 0 Å². The third kappa shape index (κ3) is 3.47. The summed E-state index contributed by atoms with van der Waals surface area (Å²) in [5.41, 5.74) is 3.72. The molecule has 1 spiro atoms. The number of thiazole rings is 1. The van der Waals surface area contributed by atoms with Gasteiger partial charge >= 0.3 is 0 Å². The van der Waals surface area contributed by atoms with Gasteiger partial charge in [0.2, 0.25) is 5.91 Å². The number of imidazole rings is 1. The van der Waals surface area contributed by atoms with Crippen molar-refractivity contribution < 1.29 is 14.3 Å². The van der Waals surface area contributed by atoms with E-state index in [0.717, 1.165) is 29.1 Å². The highest BCUT2D eigenvalue weighted by Crippen LogP contribution is 2.52. The zero-order valence-corrected chi connectivity index (χ0v) is 20.3. The molecule has 0 bridgehead atoms. The summed E-state index contributed by atoms with van der Waals surface area (Å²) in [6, 6.07) is 8.15. The molecule has 1 saturated heterocycles. The molecule has 33 heavy (non-hydrogen) atoms. The lowest BCUT2D eigenvalue weighted by Gasteiger charge is -2.44. The Kier molecular flexibility index (Phi) is 5.53. The van der Waals surface area contributed by atoms with Crippen LogP contribution in [0.25, 0.3) is 4.96 Å². The number of amides is 2. The molecule has 0 unspecified atom stereocenters. The average molecular weight is 467 g/mol. The number of hydrogen-bond donors (Lipinski definition) is 1. The third-order valence-electron chi connectivity index (χ3n) is 7.25. The maximum atomic E-state index is 13.4. The first-order chi connectivity index (χ1) is 15.9. The van der Waals surface area contributed by atoms with Crippen molar-refractivity contribution in [2.24, 2.45) is 5.92 Å². The van der Waals surface area contributed by atoms with E-state index in [1.165, 1.54) is 16.9 Å². The molecule has 1 N–H and O–H groups in total. The van der Waals surface area contributed by atoms with Gasteiger partial charge in [-0.2, -0.15) is 0 Å². The van der Waals surface area contributed by atoms with E-state index >= 15 is 0 Å². The summed E-state index contributed by atoms with van der Waals surface area (Å²) >= 11 is 1.49. The van der Waals surface area contributed by atoms with Gasteiger partial charge < -0.3 is 15.0 Å². The number of methoxy groups -OCH3 is 1. The SMILES string of the molecule is CO[C@H]1[C@H](NC(=O)C(C)C)c2ccccc2C12CCN(C(=O)c1csc3nc(C)cn13)CC2. The highest BCUT2D eigenvalue weighted by Gasteiger charge is 2.54. The highest BCUT2D eigenvalue weighted by atomic mass is 32.1. The van der Waals surface area contributed by atoms with Crippen LogP contribution in [0.4, 0.5) is 0 Å². The van der Waals surface area contributed by atoms with Crippen molar-refractivity contribution >= 4 is 28.1 Å². The van der Waals surface area contributed by atoms with Crippen molar-refractivity contribution in [3.63, 3.8) is 0 Å². The second-order valence-corrected chi connectivity index (χ2v) is 10.3. The van der Waals surface area contributed by atoms with Gasteiger partial charge in [-0.25, -0.2) is 4.98 Å². The van der Waals surface area contributed by atoms with Crippen LogP contribution in [-0.4, -0.2) is 52.4 Å². The summed E-state index contributed by atoms with van der Waals surface area (Å²) in [5.74, 6) is -0.0306. The Morgan fingerprint density at radius 3 is 2.67 bits per heavy atom. The third-order valence-corrected chi connectivity index (χ3v) is 8.09. The monoisotopic (exact) mass is 466 g/mol. The Balaban J connectivity index is 1.41. The average Bonchev–Trinajstić information content (AvgIpc) is 3.44. The van der Waals surface area contributed by atoms with E-state index in [9.17, 15) is 9.59 Å². The first-order valence-corrected chi connectivity index (χ1v) is 12.4. The summed E-state index contributed by atoms with van der Waals surface area (Å²) in [7, 11) is 1.73. The molecule has 0 saturated carbocycles. The Hall–Kier alpha value is -2.71. The number of rotatable bonds is 4. The second kappa shape index (κ2) is 8.25. The molecule has 3 aromatic rings. The molecule has 2 aliphatic rings. The number of carbonyl (C=O) groups excluding carboxylic acids is 2. The van der Waals surface area contributed by atoms with Crippen LogP contribution in [0.1, 0.15) is 60.0 Å². The first-order valence-electron chi connectivity index (χ1n) is 11.5. The summed E-state index contributed by atoms with van der Waals surface area (Å²) in [5, 5.41) is 5.13. The predicted molar refractivity (Wildman–Crippen MR) is 128 cm³/mol. The Morgan fingerprint density at radius 2 is 1.97 bits per heavy atom. The van der Waals surface area contributed by atoms with Crippen molar-refractivity contribution in [2.45, 2.75) is 51.2 Å². The van der Waals surface area contributed by atoms with Crippen LogP contribution in [0.3, 0.4) is 0 Å². The summed E-state index contributed by atoms with van der Waals surface area (Å²) in [4.78, 5) is 33.2. The molecule has 2 aromatic heterocycles. The molecule has 174 valence electrons. The normalized spacial score (nSPS) is 21.7. The fourth-order valence-corrected chi connectivity index (χ4v) is 6.46. The van der Waals surface area contributed by atoms with Crippen molar-refractivity contribution in [3.8, 4) is 0 Å². The Labute approximate surface area is 197 Å². The lowest BCUT2D eigenvalue weighted by Crippen LogP contribution is -2.52. The molecule has 1 fully saturated rings. The van der Waals surface area contributed by atoms with Crippen LogP contribution in [-0.2, 0) is 14.9 Å². The van der Waals surface area contributed by atoms with Crippen molar-refractivity contribution in [2.75, 3.05) is 20.2 Å². The van der Waals surface area contributed by atoms with Gasteiger partial charge in [0.05, 0.1) is 17.8 Å². The summed E-state index contributed by atoms with van der Waals surface area (Å²) < 4.78 is 7.98. The summed E-state index contributed by atoms with van der Waals surface area (Å²) in [6.45, 7) is 7.03. The number of likely N-dealkylation sites (tertiary alicyclic amines) is 1. The van der Waals surface area contributed by atoms with E-state index in [-0.39, 0.29) is 35.3 Å². The second-order valence-electron chi connectivity index (χ2n) is 9.49. The largest absolute Gasteiger partial charge is 0.378 e. The van der Waals surface area contributed by atoms with Gasteiger partial charge in [0.1, 0.15) is 5.69 Å². The number of aromatic nitrogens is 2.